The van der Waals surface area contributed by atoms with Crippen LogP contribution in [0.2, 0.25) is 0 Å². The lowest BCUT2D eigenvalue weighted by atomic mass is 9.89. The monoisotopic (exact) mass is 382 g/mol. The molecule has 0 aromatic carbocycles. The van der Waals surface area contributed by atoms with Gasteiger partial charge in [-0.05, 0) is 57.2 Å². The predicted molar refractivity (Wildman–Crippen MR) is 112 cm³/mol. The quantitative estimate of drug-likeness (QED) is 0.824. The maximum atomic E-state index is 11.6. The fourth-order valence-corrected chi connectivity index (χ4v) is 3.66. The van der Waals surface area contributed by atoms with Gasteiger partial charge in [0.25, 0.3) is 0 Å². The second-order valence-corrected chi connectivity index (χ2v) is 7.26. The number of amides is 1. The largest absolute Gasteiger partial charge is 0.357 e. The van der Waals surface area contributed by atoms with Gasteiger partial charge in [-0.15, -0.1) is 0 Å². The Balaban J connectivity index is 1.87. The Morgan fingerprint density at radius 3 is 2.43 bits per heavy atom. The number of likely N-dealkylation sites (tertiary alicyclic amines) is 1. The summed E-state index contributed by atoms with van der Waals surface area (Å²) in [7, 11) is 0. The van der Waals surface area contributed by atoms with E-state index in [4.69, 9.17) is 4.98 Å². The fourth-order valence-electron chi connectivity index (χ4n) is 3.66. The second-order valence-electron chi connectivity index (χ2n) is 7.26. The first-order chi connectivity index (χ1) is 13.5. The summed E-state index contributed by atoms with van der Waals surface area (Å²) in [6.07, 6.45) is 5.43. The van der Waals surface area contributed by atoms with Crippen molar-refractivity contribution < 1.29 is 4.79 Å². The molecule has 0 saturated carbocycles. The first-order valence-corrected chi connectivity index (χ1v) is 10.1. The maximum Gasteiger partial charge on any atom is 0.219 e. The van der Waals surface area contributed by atoms with Crippen LogP contribution in [0.15, 0.2) is 24.5 Å². The summed E-state index contributed by atoms with van der Waals surface area (Å²) in [5, 5.41) is 3.31. The smallest absolute Gasteiger partial charge is 0.219 e. The van der Waals surface area contributed by atoms with Crippen molar-refractivity contribution in [2.45, 2.75) is 46.5 Å². The fraction of sp³-hybridized carbons (Fsp3) is 0.524. The Labute approximate surface area is 167 Å². The van der Waals surface area contributed by atoms with Crippen molar-refractivity contribution in [2.75, 3.05) is 36.4 Å². The van der Waals surface area contributed by atoms with Gasteiger partial charge in [0.05, 0.1) is 18.1 Å². The molecule has 7 nitrogen and oxygen atoms in total. The zero-order valence-electron chi connectivity index (χ0n) is 17.3. The SMILES string of the molecule is CCN(CC)c1cc(C2CCN(C(C)=O)CC2)cc(Nc2cnc(C)cn2)n1. The van der Waals surface area contributed by atoms with E-state index in [-0.39, 0.29) is 5.91 Å². The molecule has 0 spiro atoms. The minimum absolute atomic E-state index is 0.164. The third-order valence-corrected chi connectivity index (χ3v) is 5.37. The van der Waals surface area contributed by atoms with Crippen LogP contribution in [0.5, 0.6) is 0 Å². The number of pyridine rings is 1. The van der Waals surface area contributed by atoms with Gasteiger partial charge in [0.1, 0.15) is 17.5 Å². The number of aryl methyl sites for hydroxylation is 1. The highest BCUT2D eigenvalue weighted by atomic mass is 16.2. The molecule has 2 aromatic heterocycles. The van der Waals surface area contributed by atoms with E-state index in [1.54, 1.807) is 19.3 Å². The number of piperidine rings is 1. The van der Waals surface area contributed by atoms with Crippen molar-refractivity contribution in [1.82, 2.24) is 19.9 Å². The van der Waals surface area contributed by atoms with E-state index in [9.17, 15) is 4.79 Å². The highest BCUT2D eigenvalue weighted by Gasteiger charge is 2.23. The molecule has 0 aliphatic carbocycles. The van der Waals surface area contributed by atoms with E-state index in [1.165, 1.54) is 5.56 Å². The van der Waals surface area contributed by atoms with Crippen LogP contribution < -0.4 is 10.2 Å². The summed E-state index contributed by atoms with van der Waals surface area (Å²) in [4.78, 5) is 29.3. The number of hydrogen-bond donors (Lipinski definition) is 1. The molecular weight excluding hydrogens is 352 g/mol. The molecule has 3 heterocycles. The third kappa shape index (κ3) is 4.77. The van der Waals surface area contributed by atoms with Gasteiger partial charge >= 0.3 is 0 Å². The van der Waals surface area contributed by atoms with Gasteiger partial charge in [-0.3, -0.25) is 9.78 Å². The summed E-state index contributed by atoms with van der Waals surface area (Å²) in [6, 6.07) is 4.32. The molecule has 0 bridgehead atoms. The lowest BCUT2D eigenvalue weighted by molar-refractivity contribution is -0.129. The number of carbonyl (C=O) groups excluding carboxylic acids is 1. The topological polar surface area (TPSA) is 74.2 Å². The minimum Gasteiger partial charge on any atom is -0.357 e. The zero-order valence-corrected chi connectivity index (χ0v) is 17.3. The number of hydrogen-bond acceptors (Lipinski definition) is 6. The van der Waals surface area contributed by atoms with Crippen molar-refractivity contribution >= 4 is 23.4 Å². The molecule has 1 amide bonds. The maximum absolute atomic E-state index is 11.6. The van der Waals surface area contributed by atoms with Gasteiger partial charge < -0.3 is 15.1 Å². The number of rotatable bonds is 6. The van der Waals surface area contributed by atoms with Crippen LogP contribution in [0.25, 0.3) is 0 Å². The van der Waals surface area contributed by atoms with Gasteiger partial charge in [-0.2, -0.15) is 0 Å². The van der Waals surface area contributed by atoms with Gasteiger partial charge in [0, 0.05) is 33.1 Å². The molecule has 1 fully saturated rings. The molecule has 1 saturated heterocycles. The van der Waals surface area contributed by atoms with E-state index >= 15 is 0 Å². The van der Waals surface area contributed by atoms with E-state index < -0.39 is 0 Å². The Morgan fingerprint density at radius 1 is 1.14 bits per heavy atom. The van der Waals surface area contributed by atoms with Crippen LogP contribution >= 0.6 is 0 Å². The summed E-state index contributed by atoms with van der Waals surface area (Å²) in [6.45, 7) is 11.3. The molecule has 28 heavy (non-hydrogen) atoms. The molecule has 1 aliphatic heterocycles. The second kappa shape index (κ2) is 8.99. The van der Waals surface area contributed by atoms with Crippen LogP contribution in [0, 0.1) is 6.92 Å². The van der Waals surface area contributed by atoms with E-state index in [1.807, 2.05) is 11.8 Å². The molecule has 1 aliphatic rings. The van der Waals surface area contributed by atoms with Crippen LogP contribution in [0.1, 0.15) is 50.8 Å². The Morgan fingerprint density at radius 2 is 1.86 bits per heavy atom. The number of nitrogens with zero attached hydrogens (tertiary/aromatic N) is 5. The van der Waals surface area contributed by atoms with Gasteiger partial charge in [-0.25, -0.2) is 9.97 Å². The first kappa shape index (κ1) is 20.0. The standard InChI is InChI=1S/C21H30N6O/c1-5-26(6-2)21-12-18(17-7-9-27(10-8-17)16(4)28)11-19(25-21)24-20-14-22-15(3)13-23-20/h11-14,17H,5-10H2,1-4H3,(H,23,24,25). The summed E-state index contributed by atoms with van der Waals surface area (Å²) < 4.78 is 0. The molecular formula is C21H30N6O. The van der Waals surface area contributed by atoms with Gasteiger partial charge in [0.2, 0.25) is 5.91 Å². The van der Waals surface area contributed by atoms with Crippen LogP contribution in [-0.2, 0) is 4.79 Å². The van der Waals surface area contributed by atoms with Crippen LogP contribution in [-0.4, -0.2) is 51.9 Å². The van der Waals surface area contributed by atoms with Crippen molar-refractivity contribution in [3.8, 4) is 0 Å². The van der Waals surface area contributed by atoms with Crippen LogP contribution in [0.3, 0.4) is 0 Å². The number of aromatic nitrogens is 3. The molecule has 0 unspecified atom stereocenters. The third-order valence-electron chi connectivity index (χ3n) is 5.37. The lowest BCUT2D eigenvalue weighted by Crippen LogP contribution is -2.36. The Kier molecular flexibility index (Phi) is 6.44. The van der Waals surface area contributed by atoms with E-state index in [0.717, 1.165) is 56.4 Å². The average molecular weight is 383 g/mol. The van der Waals surface area contributed by atoms with Crippen molar-refractivity contribution in [1.29, 1.82) is 0 Å². The van der Waals surface area contributed by atoms with Crippen molar-refractivity contribution in [3.63, 3.8) is 0 Å². The van der Waals surface area contributed by atoms with Crippen molar-refractivity contribution in [2.24, 2.45) is 0 Å². The molecule has 0 radical (unpaired) electrons. The average Bonchev–Trinajstić information content (AvgIpc) is 2.70. The van der Waals surface area contributed by atoms with Gasteiger partial charge in [0.15, 0.2) is 0 Å². The normalized spacial score (nSPS) is 14.8. The number of anilines is 3. The highest BCUT2D eigenvalue weighted by molar-refractivity contribution is 5.73. The van der Waals surface area contributed by atoms with E-state index in [2.05, 4.69) is 46.2 Å². The Hall–Kier alpha value is -2.70. The highest BCUT2D eigenvalue weighted by Crippen LogP contribution is 2.32. The van der Waals surface area contributed by atoms with Gasteiger partial charge in [-0.1, -0.05) is 0 Å². The summed E-state index contributed by atoms with van der Waals surface area (Å²) in [5.74, 6) is 3.03. The zero-order chi connectivity index (χ0) is 20.1. The molecule has 0 atom stereocenters. The predicted octanol–water partition coefficient (Wildman–Crippen LogP) is 3.50. The van der Waals surface area contributed by atoms with Crippen molar-refractivity contribution in [3.05, 3.63) is 35.8 Å². The molecule has 7 heteroatoms. The number of carbonyl (C=O) groups is 1. The molecule has 150 valence electrons. The summed E-state index contributed by atoms with van der Waals surface area (Å²) >= 11 is 0. The first-order valence-electron chi connectivity index (χ1n) is 10.1. The minimum atomic E-state index is 0.164. The lowest BCUT2D eigenvalue weighted by Gasteiger charge is -2.32. The molecule has 2 aromatic rings. The summed E-state index contributed by atoms with van der Waals surface area (Å²) in [5.41, 5.74) is 2.15. The molecule has 1 N–H and O–H groups in total. The van der Waals surface area contributed by atoms with E-state index in [0.29, 0.717) is 11.7 Å². The molecule has 3 rings (SSSR count). The Bertz CT molecular complexity index is 795. The van der Waals surface area contributed by atoms with Crippen LogP contribution in [0.4, 0.5) is 17.5 Å². The number of nitrogens with one attached hydrogen (secondary N) is 1.